The number of benzene rings is 1. The highest BCUT2D eigenvalue weighted by atomic mass is 35.5. The van der Waals surface area contributed by atoms with E-state index in [9.17, 15) is 0 Å². The molecule has 1 fully saturated rings. The SMILES string of the molecule is CCCCN(CCCC)c1cc(Cl)nnc1Oc1c(C)cccc1C1CC1. The number of halogens is 1. The number of unbranched alkanes of at least 4 members (excludes halogenated alkanes) is 2. The molecule has 0 N–H and O–H groups in total. The van der Waals surface area contributed by atoms with E-state index in [1.165, 1.54) is 18.4 Å². The van der Waals surface area contributed by atoms with Crippen LogP contribution in [0.4, 0.5) is 5.69 Å². The average molecular weight is 388 g/mol. The summed E-state index contributed by atoms with van der Waals surface area (Å²) in [5, 5.41) is 8.79. The fourth-order valence-corrected chi connectivity index (χ4v) is 3.47. The van der Waals surface area contributed by atoms with Crippen LogP contribution >= 0.6 is 11.6 Å². The molecule has 1 aliphatic rings. The van der Waals surface area contributed by atoms with Crippen molar-refractivity contribution in [3.8, 4) is 11.6 Å². The van der Waals surface area contributed by atoms with Crippen LogP contribution in [0.15, 0.2) is 24.3 Å². The Morgan fingerprint density at radius 2 is 1.81 bits per heavy atom. The molecule has 0 aliphatic heterocycles. The molecule has 0 radical (unpaired) electrons. The van der Waals surface area contributed by atoms with Gasteiger partial charge in [0, 0.05) is 19.2 Å². The molecular weight excluding hydrogens is 358 g/mol. The third-order valence-electron chi connectivity index (χ3n) is 5.07. The quantitative estimate of drug-likeness (QED) is 0.465. The van der Waals surface area contributed by atoms with Crippen molar-refractivity contribution in [1.82, 2.24) is 10.2 Å². The largest absolute Gasteiger partial charge is 0.435 e. The predicted octanol–water partition coefficient (Wildman–Crippen LogP) is 6.51. The van der Waals surface area contributed by atoms with Gasteiger partial charge < -0.3 is 9.64 Å². The van der Waals surface area contributed by atoms with Gasteiger partial charge in [0.1, 0.15) is 11.4 Å². The first kappa shape index (κ1) is 19.9. The summed E-state index contributed by atoms with van der Waals surface area (Å²) in [6, 6.07) is 8.27. The van der Waals surface area contributed by atoms with Crippen LogP contribution in [0.5, 0.6) is 11.6 Å². The molecular formula is C22H30ClN3O. The van der Waals surface area contributed by atoms with E-state index in [0.29, 0.717) is 17.0 Å². The van der Waals surface area contributed by atoms with E-state index in [1.54, 1.807) is 0 Å². The number of nitrogens with zero attached hydrogens (tertiary/aromatic N) is 3. The predicted molar refractivity (Wildman–Crippen MR) is 112 cm³/mol. The first-order chi connectivity index (χ1) is 13.1. The van der Waals surface area contributed by atoms with Crippen molar-refractivity contribution in [2.75, 3.05) is 18.0 Å². The number of aryl methyl sites for hydroxylation is 1. The van der Waals surface area contributed by atoms with Gasteiger partial charge in [0.2, 0.25) is 0 Å². The lowest BCUT2D eigenvalue weighted by Crippen LogP contribution is -2.26. The van der Waals surface area contributed by atoms with Crippen molar-refractivity contribution in [3.05, 3.63) is 40.5 Å². The fraction of sp³-hybridized carbons (Fsp3) is 0.545. The number of aromatic nitrogens is 2. The van der Waals surface area contributed by atoms with Crippen molar-refractivity contribution in [3.63, 3.8) is 0 Å². The molecule has 1 aromatic heterocycles. The smallest absolute Gasteiger partial charge is 0.262 e. The molecule has 1 saturated carbocycles. The first-order valence-electron chi connectivity index (χ1n) is 10.2. The van der Waals surface area contributed by atoms with Crippen molar-refractivity contribution in [1.29, 1.82) is 0 Å². The van der Waals surface area contributed by atoms with Crippen LogP contribution in [0.1, 0.15) is 69.4 Å². The molecule has 0 spiro atoms. The van der Waals surface area contributed by atoms with Crippen LogP contribution in [0, 0.1) is 6.92 Å². The lowest BCUT2D eigenvalue weighted by Gasteiger charge is -2.26. The number of ether oxygens (including phenoxy) is 1. The molecule has 5 heteroatoms. The fourth-order valence-electron chi connectivity index (χ4n) is 3.32. The van der Waals surface area contributed by atoms with Gasteiger partial charge in [0.05, 0.1) is 0 Å². The van der Waals surface area contributed by atoms with Gasteiger partial charge in [-0.05, 0) is 49.7 Å². The molecule has 3 rings (SSSR count). The molecule has 2 aromatic rings. The number of rotatable bonds is 10. The Balaban J connectivity index is 1.94. The van der Waals surface area contributed by atoms with Crippen molar-refractivity contribution in [2.24, 2.45) is 0 Å². The Morgan fingerprint density at radius 3 is 2.44 bits per heavy atom. The lowest BCUT2D eigenvalue weighted by molar-refractivity contribution is 0.444. The minimum atomic E-state index is 0.405. The van der Waals surface area contributed by atoms with E-state index < -0.39 is 0 Å². The Hall–Kier alpha value is -1.81. The molecule has 0 amide bonds. The summed E-state index contributed by atoms with van der Waals surface area (Å²) in [4.78, 5) is 2.35. The van der Waals surface area contributed by atoms with Crippen molar-refractivity contribution >= 4 is 17.3 Å². The minimum absolute atomic E-state index is 0.405. The molecule has 1 aromatic carbocycles. The maximum atomic E-state index is 6.39. The number of hydrogen-bond acceptors (Lipinski definition) is 4. The molecule has 0 bridgehead atoms. The van der Waals surface area contributed by atoms with Gasteiger partial charge in [-0.3, -0.25) is 0 Å². The Morgan fingerprint density at radius 1 is 1.11 bits per heavy atom. The molecule has 0 atom stereocenters. The zero-order chi connectivity index (χ0) is 19.2. The summed E-state index contributed by atoms with van der Waals surface area (Å²) in [5.41, 5.74) is 3.36. The van der Waals surface area contributed by atoms with Gasteiger partial charge in [0.15, 0.2) is 5.15 Å². The first-order valence-corrected chi connectivity index (χ1v) is 10.6. The van der Waals surface area contributed by atoms with E-state index in [4.69, 9.17) is 16.3 Å². The summed E-state index contributed by atoms with van der Waals surface area (Å²) in [6.45, 7) is 8.46. The normalized spacial score (nSPS) is 13.6. The van der Waals surface area contributed by atoms with Gasteiger partial charge >= 0.3 is 0 Å². The van der Waals surface area contributed by atoms with Crippen LogP contribution < -0.4 is 9.64 Å². The minimum Gasteiger partial charge on any atom is -0.435 e. The maximum Gasteiger partial charge on any atom is 0.262 e. The second kappa shape index (κ2) is 9.41. The summed E-state index contributed by atoms with van der Waals surface area (Å²) in [7, 11) is 0. The van der Waals surface area contributed by atoms with E-state index in [0.717, 1.165) is 55.8 Å². The highest BCUT2D eigenvalue weighted by Crippen LogP contribution is 2.47. The third-order valence-corrected chi connectivity index (χ3v) is 5.26. The van der Waals surface area contributed by atoms with Gasteiger partial charge in [-0.2, -0.15) is 0 Å². The zero-order valence-corrected chi connectivity index (χ0v) is 17.4. The van der Waals surface area contributed by atoms with E-state index in [1.807, 2.05) is 6.07 Å². The number of hydrogen-bond donors (Lipinski definition) is 0. The van der Waals surface area contributed by atoms with Gasteiger partial charge in [-0.1, -0.05) is 56.5 Å². The maximum absolute atomic E-state index is 6.39. The molecule has 1 aliphatic carbocycles. The van der Waals surface area contributed by atoms with Gasteiger partial charge in [0.25, 0.3) is 5.88 Å². The van der Waals surface area contributed by atoms with Crippen molar-refractivity contribution in [2.45, 2.75) is 65.2 Å². The molecule has 4 nitrogen and oxygen atoms in total. The highest BCUT2D eigenvalue weighted by molar-refractivity contribution is 6.29. The van der Waals surface area contributed by atoms with Crippen LogP contribution in [0.3, 0.4) is 0 Å². The van der Waals surface area contributed by atoms with Crippen LogP contribution in [0.2, 0.25) is 5.15 Å². The Kier molecular flexibility index (Phi) is 6.95. The molecule has 0 saturated heterocycles. The standard InChI is InChI=1S/C22H30ClN3O/c1-4-6-13-26(14-7-5-2)19-15-20(23)24-25-22(19)27-21-16(3)9-8-10-18(21)17-11-12-17/h8-10,15,17H,4-7,11-14H2,1-3H3. The Labute approximate surface area is 167 Å². The van der Waals surface area contributed by atoms with Crippen LogP contribution in [0.25, 0.3) is 0 Å². The summed E-state index contributed by atoms with van der Waals surface area (Å²) >= 11 is 6.20. The third kappa shape index (κ3) is 5.13. The molecule has 0 unspecified atom stereocenters. The average Bonchev–Trinajstić information content (AvgIpc) is 3.50. The molecule has 1 heterocycles. The molecule has 146 valence electrons. The van der Waals surface area contributed by atoms with Crippen molar-refractivity contribution < 1.29 is 4.74 Å². The monoisotopic (exact) mass is 387 g/mol. The van der Waals surface area contributed by atoms with E-state index in [-0.39, 0.29) is 0 Å². The molecule has 27 heavy (non-hydrogen) atoms. The highest BCUT2D eigenvalue weighted by Gasteiger charge is 2.28. The summed E-state index contributed by atoms with van der Waals surface area (Å²) in [5.74, 6) is 2.10. The topological polar surface area (TPSA) is 38.2 Å². The van der Waals surface area contributed by atoms with E-state index >= 15 is 0 Å². The number of anilines is 1. The van der Waals surface area contributed by atoms with Gasteiger partial charge in [-0.25, -0.2) is 0 Å². The summed E-state index contributed by atoms with van der Waals surface area (Å²) < 4.78 is 6.39. The van der Waals surface area contributed by atoms with Crippen LogP contribution in [-0.2, 0) is 0 Å². The lowest BCUT2D eigenvalue weighted by atomic mass is 10.1. The van der Waals surface area contributed by atoms with E-state index in [2.05, 4.69) is 54.1 Å². The Bertz CT molecular complexity index is 753. The van der Waals surface area contributed by atoms with Crippen LogP contribution in [-0.4, -0.2) is 23.3 Å². The zero-order valence-electron chi connectivity index (χ0n) is 16.7. The second-order valence-corrected chi connectivity index (χ2v) is 7.81. The van der Waals surface area contributed by atoms with Gasteiger partial charge in [-0.15, -0.1) is 10.2 Å². The second-order valence-electron chi connectivity index (χ2n) is 7.42. The number of para-hydroxylation sites is 1. The summed E-state index contributed by atoms with van der Waals surface area (Å²) in [6.07, 6.45) is 7.01.